The van der Waals surface area contributed by atoms with Crippen molar-refractivity contribution in [2.75, 3.05) is 4.90 Å². The Hall–Kier alpha value is -5.67. The Bertz CT molecular complexity index is 2320. The van der Waals surface area contributed by atoms with Gasteiger partial charge in [-0.2, -0.15) is 0 Å². The average molecular weight is 596 g/mol. The molecule has 0 fully saturated rings. The Balaban J connectivity index is 1.16. The molecule has 7 aromatic carbocycles. The van der Waals surface area contributed by atoms with Gasteiger partial charge < -0.3 is 9.64 Å². The lowest BCUT2D eigenvalue weighted by Crippen LogP contribution is -2.15. The minimum atomic E-state index is -0.252. The van der Waals surface area contributed by atoms with Crippen LogP contribution in [0.4, 0.5) is 21.5 Å². The van der Waals surface area contributed by atoms with Crippen molar-refractivity contribution in [2.24, 2.45) is 0 Å². The summed E-state index contributed by atoms with van der Waals surface area (Å²) in [6, 6.07) is 49.8. The molecule has 9 rings (SSSR count). The Morgan fingerprint density at radius 3 is 1.96 bits per heavy atom. The van der Waals surface area contributed by atoms with Gasteiger partial charge in [-0.15, -0.1) is 0 Å². The fraction of sp³-hybridized carbons (Fsp3) is 0.0698. The van der Waals surface area contributed by atoms with Crippen molar-refractivity contribution in [1.29, 1.82) is 0 Å². The second-order valence-corrected chi connectivity index (χ2v) is 12.7. The minimum Gasteiger partial charge on any atom is -0.456 e. The summed E-state index contributed by atoms with van der Waals surface area (Å²) in [6.07, 6.45) is 0. The molecule has 1 aliphatic carbocycles. The van der Waals surface area contributed by atoms with Gasteiger partial charge >= 0.3 is 0 Å². The molecule has 2 aliphatic rings. The lowest BCUT2D eigenvalue weighted by atomic mass is 9.82. The van der Waals surface area contributed by atoms with Gasteiger partial charge in [0.05, 0.1) is 0 Å². The summed E-state index contributed by atoms with van der Waals surface area (Å²) in [4.78, 5) is 2.21. The molecule has 0 saturated carbocycles. The molecule has 0 amide bonds. The van der Waals surface area contributed by atoms with Crippen molar-refractivity contribution in [1.82, 2.24) is 0 Å². The van der Waals surface area contributed by atoms with E-state index in [1.807, 2.05) is 24.3 Å². The quantitative estimate of drug-likeness (QED) is 0.201. The van der Waals surface area contributed by atoms with Gasteiger partial charge in [0.1, 0.15) is 17.3 Å². The van der Waals surface area contributed by atoms with Crippen LogP contribution in [0.25, 0.3) is 44.2 Å². The second-order valence-electron chi connectivity index (χ2n) is 12.7. The number of benzene rings is 7. The van der Waals surface area contributed by atoms with Crippen molar-refractivity contribution in [3.05, 3.63) is 163 Å². The number of halogens is 1. The predicted octanol–water partition coefficient (Wildman–Crippen LogP) is 12.2. The molecule has 2 nitrogen and oxygen atoms in total. The molecule has 1 aliphatic heterocycles. The van der Waals surface area contributed by atoms with Gasteiger partial charge in [0, 0.05) is 33.4 Å². The molecule has 0 N–H and O–H groups in total. The van der Waals surface area contributed by atoms with Gasteiger partial charge in [-0.3, -0.25) is 0 Å². The highest BCUT2D eigenvalue weighted by Crippen LogP contribution is 2.51. The van der Waals surface area contributed by atoms with Crippen LogP contribution in [0.1, 0.15) is 25.0 Å². The third-order valence-electron chi connectivity index (χ3n) is 9.75. The van der Waals surface area contributed by atoms with Crippen molar-refractivity contribution in [2.45, 2.75) is 19.3 Å². The summed E-state index contributed by atoms with van der Waals surface area (Å²) in [5.41, 5.74) is 12.6. The van der Waals surface area contributed by atoms with E-state index in [1.54, 1.807) is 0 Å². The Kier molecular flexibility index (Phi) is 5.76. The van der Waals surface area contributed by atoms with Crippen LogP contribution in [0.2, 0.25) is 0 Å². The molecule has 1 heterocycles. The fourth-order valence-corrected chi connectivity index (χ4v) is 7.51. The van der Waals surface area contributed by atoms with E-state index in [0.717, 1.165) is 56.0 Å². The topological polar surface area (TPSA) is 12.5 Å². The number of hydrogen-bond acceptors (Lipinski definition) is 2. The molecule has 220 valence electrons. The monoisotopic (exact) mass is 595 g/mol. The summed E-state index contributed by atoms with van der Waals surface area (Å²) in [6.45, 7) is 4.58. The summed E-state index contributed by atoms with van der Waals surface area (Å²) >= 11 is 0. The zero-order chi connectivity index (χ0) is 31.0. The molecule has 0 spiro atoms. The standard InChI is InChI=1S/C43H30FNO/c1-43(2)38-12-5-3-8-33(38)37-26-31(22-24-39(37)43)45(30-20-16-28(44)17-21-30)29-18-14-27(15-19-29)32-23-25-41-42-35(32)10-7-11-36(42)34-9-4-6-13-40(34)46-41/h3-26H,1-2H3. The predicted molar refractivity (Wildman–Crippen MR) is 187 cm³/mol. The van der Waals surface area contributed by atoms with E-state index >= 15 is 0 Å². The Morgan fingerprint density at radius 2 is 1.15 bits per heavy atom. The molecule has 0 saturated heterocycles. The van der Waals surface area contributed by atoms with E-state index in [1.165, 1.54) is 39.9 Å². The molecule has 46 heavy (non-hydrogen) atoms. The maximum atomic E-state index is 14.1. The number of rotatable bonds is 4. The fourth-order valence-electron chi connectivity index (χ4n) is 7.51. The van der Waals surface area contributed by atoms with Gasteiger partial charge in [-0.1, -0.05) is 98.8 Å². The highest BCUT2D eigenvalue weighted by Gasteiger charge is 2.35. The van der Waals surface area contributed by atoms with Gasteiger partial charge in [0.25, 0.3) is 0 Å². The van der Waals surface area contributed by atoms with Gasteiger partial charge in [0.15, 0.2) is 0 Å². The lowest BCUT2D eigenvalue weighted by molar-refractivity contribution is 0.487. The van der Waals surface area contributed by atoms with E-state index in [4.69, 9.17) is 4.74 Å². The highest BCUT2D eigenvalue weighted by molar-refractivity contribution is 6.10. The van der Waals surface area contributed by atoms with E-state index < -0.39 is 0 Å². The van der Waals surface area contributed by atoms with Crippen LogP contribution in [0, 0.1) is 5.82 Å². The maximum absolute atomic E-state index is 14.1. The first-order valence-electron chi connectivity index (χ1n) is 15.7. The van der Waals surface area contributed by atoms with E-state index in [0.29, 0.717) is 0 Å². The summed E-state index contributed by atoms with van der Waals surface area (Å²) < 4.78 is 20.4. The lowest BCUT2D eigenvalue weighted by Gasteiger charge is -2.27. The molecular formula is C43H30FNO. The molecule has 7 aromatic rings. The molecule has 0 radical (unpaired) electrons. The van der Waals surface area contributed by atoms with Crippen LogP contribution in [-0.4, -0.2) is 0 Å². The van der Waals surface area contributed by atoms with Crippen molar-refractivity contribution >= 4 is 27.8 Å². The van der Waals surface area contributed by atoms with Gasteiger partial charge in [-0.25, -0.2) is 4.39 Å². The summed E-state index contributed by atoms with van der Waals surface area (Å²) in [5, 5.41) is 2.30. The number of para-hydroxylation sites is 1. The van der Waals surface area contributed by atoms with Crippen LogP contribution >= 0.6 is 0 Å². The van der Waals surface area contributed by atoms with Crippen LogP contribution in [-0.2, 0) is 5.41 Å². The Morgan fingerprint density at radius 1 is 0.500 bits per heavy atom. The highest BCUT2D eigenvalue weighted by atomic mass is 19.1. The van der Waals surface area contributed by atoms with E-state index in [-0.39, 0.29) is 11.2 Å². The van der Waals surface area contributed by atoms with E-state index in [2.05, 4.69) is 128 Å². The molecule has 0 atom stereocenters. The number of nitrogens with zero attached hydrogens (tertiary/aromatic N) is 1. The van der Waals surface area contributed by atoms with Crippen LogP contribution in [0.3, 0.4) is 0 Å². The third kappa shape index (κ3) is 3.95. The van der Waals surface area contributed by atoms with Crippen molar-refractivity contribution in [3.8, 4) is 44.9 Å². The van der Waals surface area contributed by atoms with Gasteiger partial charge in [0.2, 0.25) is 0 Å². The second kappa shape index (κ2) is 9.92. The Labute approximate surface area is 268 Å². The first kappa shape index (κ1) is 26.7. The summed E-state index contributed by atoms with van der Waals surface area (Å²) in [5.74, 6) is 1.52. The average Bonchev–Trinajstić information content (AvgIpc) is 3.32. The van der Waals surface area contributed by atoms with Crippen molar-refractivity contribution < 1.29 is 9.13 Å². The summed E-state index contributed by atoms with van der Waals surface area (Å²) in [7, 11) is 0. The number of ether oxygens (including phenoxy) is 1. The third-order valence-corrected chi connectivity index (χ3v) is 9.75. The molecule has 0 aromatic heterocycles. The normalized spacial score (nSPS) is 13.5. The number of hydrogen-bond donors (Lipinski definition) is 0. The molecule has 3 heteroatoms. The van der Waals surface area contributed by atoms with Crippen molar-refractivity contribution in [3.63, 3.8) is 0 Å². The van der Waals surface area contributed by atoms with E-state index in [9.17, 15) is 4.39 Å². The number of fused-ring (bicyclic) bond motifs is 5. The first-order chi connectivity index (χ1) is 22.5. The van der Waals surface area contributed by atoms with Crippen LogP contribution in [0.5, 0.6) is 11.5 Å². The molecule has 0 bridgehead atoms. The first-order valence-corrected chi connectivity index (χ1v) is 15.7. The molecule has 0 unspecified atom stereocenters. The van der Waals surface area contributed by atoms with Crippen LogP contribution in [0.15, 0.2) is 146 Å². The minimum absolute atomic E-state index is 0.0708. The molecular weight excluding hydrogens is 565 g/mol. The smallest absolute Gasteiger partial charge is 0.135 e. The van der Waals surface area contributed by atoms with Gasteiger partial charge in [-0.05, 0) is 105 Å². The number of anilines is 3. The maximum Gasteiger partial charge on any atom is 0.135 e. The zero-order valence-electron chi connectivity index (χ0n) is 25.6. The SMILES string of the molecule is CC1(C)c2ccccc2-c2cc(N(c3ccc(F)cc3)c3ccc(-c4ccc5c6c(cccc46)-c4ccccc4O5)cc3)ccc21. The van der Waals surface area contributed by atoms with Crippen LogP contribution < -0.4 is 9.64 Å². The zero-order valence-corrected chi connectivity index (χ0v) is 25.6. The largest absolute Gasteiger partial charge is 0.456 e.